The Balaban J connectivity index is 1.64. The molecule has 1 saturated heterocycles. The zero-order chi connectivity index (χ0) is 15.5. The van der Waals surface area contributed by atoms with Crippen molar-refractivity contribution in [2.24, 2.45) is 0 Å². The van der Waals surface area contributed by atoms with Gasteiger partial charge in [0.05, 0.1) is 6.04 Å². The Hall–Kier alpha value is -2.34. The van der Waals surface area contributed by atoms with Crippen LogP contribution in [0.2, 0.25) is 5.15 Å². The number of carbonyl (C=O) groups is 1. The van der Waals surface area contributed by atoms with Crippen molar-refractivity contribution >= 4 is 29.3 Å². The fraction of sp³-hybridized carbons (Fsp3) is 0.267. The number of likely N-dealkylation sites (tertiary alicyclic amines) is 1. The molecule has 1 aromatic carbocycles. The smallest absolute Gasteiger partial charge is 0.225 e. The highest BCUT2D eigenvalue weighted by molar-refractivity contribution is 6.29. The minimum atomic E-state index is -0.0124. The molecule has 0 aliphatic carbocycles. The summed E-state index contributed by atoms with van der Waals surface area (Å²) in [5, 5.41) is 3.47. The highest BCUT2D eigenvalue weighted by Gasteiger charge is 2.29. The number of benzene rings is 1. The third-order valence-corrected chi connectivity index (χ3v) is 3.69. The summed E-state index contributed by atoms with van der Waals surface area (Å²) in [7, 11) is 0. The van der Waals surface area contributed by atoms with Crippen molar-refractivity contribution in [1.29, 1.82) is 0 Å². The van der Waals surface area contributed by atoms with Gasteiger partial charge in [-0.3, -0.25) is 4.79 Å². The Labute approximate surface area is 133 Å². The largest absolute Gasteiger partial charge is 0.368 e. The summed E-state index contributed by atoms with van der Waals surface area (Å²) in [6.45, 7) is 1.24. The lowest BCUT2D eigenvalue weighted by Crippen LogP contribution is -2.27. The average Bonchev–Trinajstić information content (AvgIpc) is 2.78. The van der Waals surface area contributed by atoms with E-state index >= 15 is 0 Å². The summed E-state index contributed by atoms with van der Waals surface area (Å²) in [6.07, 6.45) is 0.425. The van der Waals surface area contributed by atoms with Gasteiger partial charge in [0.1, 0.15) is 11.0 Å². The molecule has 1 aliphatic rings. The van der Waals surface area contributed by atoms with E-state index in [0.29, 0.717) is 25.3 Å². The van der Waals surface area contributed by atoms with Crippen molar-refractivity contribution in [3.05, 3.63) is 47.1 Å². The van der Waals surface area contributed by atoms with Crippen LogP contribution < -0.4 is 11.1 Å². The topological polar surface area (TPSA) is 84.1 Å². The van der Waals surface area contributed by atoms with Gasteiger partial charge in [0.15, 0.2) is 0 Å². The molecule has 7 heteroatoms. The van der Waals surface area contributed by atoms with Gasteiger partial charge in [-0.25, -0.2) is 4.98 Å². The molecule has 1 aromatic heterocycles. The van der Waals surface area contributed by atoms with Gasteiger partial charge in [-0.05, 0) is 5.56 Å². The van der Waals surface area contributed by atoms with Crippen LogP contribution in [-0.2, 0) is 11.3 Å². The molecule has 1 fully saturated rings. The molecule has 0 spiro atoms. The normalized spacial score (nSPS) is 17.8. The number of halogens is 1. The number of nitrogens with one attached hydrogen (secondary N) is 1. The fourth-order valence-electron chi connectivity index (χ4n) is 2.54. The Morgan fingerprint density at radius 2 is 2.09 bits per heavy atom. The molecule has 6 nitrogen and oxygen atoms in total. The first kappa shape index (κ1) is 14.6. The first-order valence-corrected chi connectivity index (χ1v) is 7.36. The molecule has 1 atom stereocenters. The van der Waals surface area contributed by atoms with Crippen LogP contribution in [0.25, 0.3) is 0 Å². The van der Waals surface area contributed by atoms with Gasteiger partial charge >= 0.3 is 0 Å². The quantitative estimate of drug-likeness (QED) is 0.842. The number of amides is 1. The molecule has 3 N–H and O–H groups in total. The number of hydrogen-bond donors (Lipinski definition) is 2. The molecule has 22 heavy (non-hydrogen) atoms. The zero-order valence-electron chi connectivity index (χ0n) is 11.9. The third-order valence-electron chi connectivity index (χ3n) is 3.49. The molecule has 0 bridgehead atoms. The number of nitrogens with zero attached hydrogens (tertiary/aromatic N) is 3. The van der Waals surface area contributed by atoms with Crippen molar-refractivity contribution in [3.63, 3.8) is 0 Å². The molecule has 1 amide bonds. The van der Waals surface area contributed by atoms with E-state index < -0.39 is 0 Å². The van der Waals surface area contributed by atoms with E-state index in [4.69, 9.17) is 17.3 Å². The van der Waals surface area contributed by atoms with Crippen LogP contribution in [0.3, 0.4) is 0 Å². The maximum absolute atomic E-state index is 12.1. The molecule has 0 radical (unpaired) electrons. The molecule has 0 unspecified atom stereocenters. The van der Waals surface area contributed by atoms with Crippen LogP contribution in [0.1, 0.15) is 12.0 Å². The summed E-state index contributed by atoms with van der Waals surface area (Å²) in [5.74, 6) is 0.770. The van der Waals surface area contributed by atoms with E-state index in [9.17, 15) is 4.79 Å². The maximum Gasteiger partial charge on any atom is 0.225 e. The Morgan fingerprint density at radius 3 is 2.82 bits per heavy atom. The summed E-state index contributed by atoms with van der Waals surface area (Å²) >= 11 is 5.85. The average molecular weight is 318 g/mol. The highest BCUT2D eigenvalue weighted by atomic mass is 35.5. The van der Waals surface area contributed by atoms with E-state index in [0.717, 1.165) is 5.56 Å². The van der Waals surface area contributed by atoms with Gasteiger partial charge in [0.25, 0.3) is 0 Å². The lowest BCUT2D eigenvalue weighted by atomic mass is 10.2. The van der Waals surface area contributed by atoms with Gasteiger partial charge in [0, 0.05) is 25.6 Å². The van der Waals surface area contributed by atoms with Crippen LogP contribution >= 0.6 is 11.6 Å². The molecular formula is C15H16ClN5O. The van der Waals surface area contributed by atoms with Crippen molar-refractivity contribution in [2.45, 2.75) is 19.0 Å². The Kier molecular flexibility index (Phi) is 4.11. The SMILES string of the molecule is Nc1nc(Cl)cc(N[C@H]2CC(=O)N(Cc3ccccc3)C2)n1. The first-order valence-electron chi connectivity index (χ1n) is 6.98. The predicted molar refractivity (Wildman–Crippen MR) is 85.3 cm³/mol. The number of nitrogens with two attached hydrogens (primary N) is 1. The number of nitrogen functional groups attached to an aromatic ring is 1. The standard InChI is InChI=1S/C15H16ClN5O/c16-12-7-13(20-15(17)19-12)18-11-6-14(22)21(9-11)8-10-4-2-1-3-5-10/h1-5,7,11H,6,8-9H2,(H3,17,18,19,20)/t11-/m0/s1. The van der Waals surface area contributed by atoms with Gasteiger partial charge in [-0.1, -0.05) is 41.9 Å². The van der Waals surface area contributed by atoms with Crippen molar-refractivity contribution < 1.29 is 4.79 Å². The van der Waals surface area contributed by atoms with Crippen molar-refractivity contribution in [3.8, 4) is 0 Å². The van der Waals surface area contributed by atoms with Crippen molar-refractivity contribution in [2.75, 3.05) is 17.6 Å². The van der Waals surface area contributed by atoms with E-state index in [1.165, 1.54) is 0 Å². The fourth-order valence-corrected chi connectivity index (χ4v) is 2.73. The van der Waals surface area contributed by atoms with Crippen LogP contribution in [0, 0.1) is 0 Å². The molecular weight excluding hydrogens is 302 g/mol. The van der Waals surface area contributed by atoms with Gasteiger partial charge < -0.3 is 16.0 Å². The molecule has 2 heterocycles. The van der Waals surface area contributed by atoms with Crippen LogP contribution in [-0.4, -0.2) is 33.4 Å². The maximum atomic E-state index is 12.1. The first-order chi connectivity index (χ1) is 10.6. The molecule has 2 aromatic rings. The zero-order valence-corrected chi connectivity index (χ0v) is 12.6. The second-order valence-corrected chi connectivity index (χ2v) is 5.63. The number of anilines is 2. The number of hydrogen-bond acceptors (Lipinski definition) is 5. The minimum absolute atomic E-state index is 0.0124. The summed E-state index contributed by atoms with van der Waals surface area (Å²) in [4.78, 5) is 21.8. The number of carbonyl (C=O) groups excluding carboxylic acids is 1. The van der Waals surface area contributed by atoms with Crippen LogP contribution in [0.15, 0.2) is 36.4 Å². The Bertz CT molecular complexity index is 659. The lowest BCUT2D eigenvalue weighted by Gasteiger charge is -2.17. The highest BCUT2D eigenvalue weighted by Crippen LogP contribution is 2.20. The number of rotatable bonds is 4. The van der Waals surface area contributed by atoms with Gasteiger partial charge in [0.2, 0.25) is 11.9 Å². The second kappa shape index (κ2) is 6.19. The van der Waals surface area contributed by atoms with Gasteiger partial charge in [-0.15, -0.1) is 0 Å². The van der Waals surface area contributed by atoms with E-state index in [1.54, 1.807) is 6.07 Å². The van der Waals surface area contributed by atoms with Crippen LogP contribution in [0.4, 0.5) is 11.8 Å². The molecule has 114 valence electrons. The van der Waals surface area contributed by atoms with Crippen molar-refractivity contribution in [1.82, 2.24) is 14.9 Å². The van der Waals surface area contributed by atoms with Crippen LogP contribution in [0.5, 0.6) is 0 Å². The molecule has 3 rings (SSSR count). The third kappa shape index (κ3) is 3.46. The summed E-state index contributed by atoms with van der Waals surface area (Å²) in [6, 6.07) is 11.5. The minimum Gasteiger partial charge on any atom is -0.368 e. The molecule has 0 saturated carbocycles. The Morgan fingerprint density at radius 1 is 1.32 bits per heavy atom. The van der Waals surface area contributed by atoms with E-state index in [1.807, 2.05) is 35.2 Å². The number of aromatic nitrogens is 2. The molecule has 1 aliphatic heterocycles. The summed E-state index contributed by atoms with van der Waals surface area (Å²) in [5.41, 5.74) is 6.68. The predicted octanol–water partition coefficient (Wildman–Crippen LogP) is 1.93. The van der Waals surface area contributed by atoms with Gasteiger partial charge in [-0.2, -0.15) is 4.98 Å². The van der Waals surface area contributed by atoms with E-state index in [2.05, 4.69) is 15.3 Å². The lowest BCUT2D eigenvalue weighted by molar-refractivity contribution is -0.128. The summed E-state index contributed by atoms with van der Waals surface area (Å²) < 4.78 is 0. The van der Waals surface area contributed by atoms with E-state index in [-0.39, 0.29) is 23.1 Å². The monoisotopic (exact) mass is 317 g/mol. The second-order valence-electron chi connectivity index (χ2n) is 5.24.